The van der Waals surface area contributed by atoms with Crippen molar-refractivity contribution in [3.63, 3.8) is 0 Å². The molecule has 1 heterocycles. The summed E-state index contributed by atoms with van der Waals surface area (Å²) in [5.74, 6) is -1.51. The second-order valence-electron chi connectivity index (χ2n) is 7.94. The van der Waals surface area contributed by atoms with Gasteiger partial charge in [-0.1, -0.05) is 32.6 Å². The number of ether oxygens (including phenoxy) is 3. The van der Waals surface area contributed by atoms with Crippen molar-refractivity contribution < 1.29 is 28.6 Å². The zero-order valence-corrected chi connectivity index (χ0v) is 16.8. The number of carbonyl (C=O) groups excluding carboxylic acids is 3. The molecule has 1 saturated carbocycles. The van der Waals surface area contributed by atoms with Crippen LogP contribution in [0.5, 0.6) is 0 Å². The highest BCUT2D eigenvalue weighted by atomic mass is 16.6. The summed E-state index contributed by atoms with van der Waals surface area (Å²) in [6.07, 6.45) is 1.73. The molecule has 2 aliphatic carbocycles. The van der Waals surface area contributed by atoms with Gasteiger partial charge in [0, 0.05) is 30.8 Å². The normalized spacial score (nSPS) is 30.3. The summed E-state index contributed by atoms with van der Waals surface area (Å²) in [7, 11) is 0. The molecule has 0 aromatic carbocycles. The number of hydrogen-bond donors (Lipinski definition) is 0. The van der Waals surface area contributed by atoms with E-state index in [0.717, 1.165) is 16.7 Å². The molecule has 2 fully saturated rings. The van der Waals surface area contributed by atoms with E-state index in [1.807, 2.05) is 13.8 Å². The maximum atomic E-state index is 12.3. The van der Waals surface area contributed by atoms with Crippen LogP contribution in [0.4, 0.5) is 0 Å². The Labute approximate surface area is 165 Å². The fourth-order valence-corrected chi connectivity index (χ4v) is 4.31. The van der Waals surface area contributed by atoms with Gasteiger partial charge in [-0.05, 0) is 30.4 Å². The molecule has 1 aliphatic heterocycles. The van der Waals surface area contributed by atoms with Crippen molar-refractivity contribution in [1.82, 2.24) is 0 Å². The van der Waals surface area contributed by atoms with Crippen molar-refractivity contribution in [3.05, 3.63) is 35.5 Å². The Morgan fingerprint density at radius 1 is 1.32 bits per heavy atom. The molecule has 0 aromatic heterocycles. The van der Waals surface area contributed by atoms with Crippen LogP contribution in [-0.2, 0) is 28.6 Å². The molecule has 152 valence electrons. The van der Waals surface area contributed by atoms with Crippen molar-refractivity contribution in [2.75, 3.05) is 6.61 Å². The topological polar surface area (TPSA) is 78.9 Å². The molecule has 3 rings (SSSR count). The monoisotopic (exact) mass is 388 g/mol. The van der Waals surface area contributed by atoms with Gasteiger partial charge >= 0.3 is 17.9 Å². The Balaban J connectivity index is 1.92. The minimum absolute atomic E-state index is 0.108. The lowest BCUT2D eigenvalue weighted by Crippen LogP contribution is -2.28. The fraction of sp³-hybridized carbons (Fsp3) is 0.591. The zero-order chi connectivity index (χ0) is 20.6. The van der Waals surface area contributed by atoms with E-state index in [1.54, 1.807) is 0 Å². The summed E-state index contributed by atoms with van der Waals surface area (Å²) >= 11 is 0. The predicted molar refractivity (Wildman–Crippen MR) is 102 cm³/mol. The van der Waals surface area contributed by atoms with Gasteiger partial charge in [0.25, 0.3) is 0 Å². The molecular weight excluding hydrogens is 360 g/mol. The Kier molecular flexibility index (Phi) is 5.77. The van der Waals surface area contributed by atoms with E-state index >= 15 is 0 Å². The number of carbonyl (C=O) groups is 3. The van der Waals surface area contributed by atoms with Gasteiger partial charge < -0.3 is 14.2 Å². The van der Waals surface area contributed by atoms with E-state index < -0.39 is 6.10 Å². The molecule has 6 heteroatoms. The first-order valence-electron chi connectivity index (χ1n) is 9.87. The zero-order valence-electron chi connectivity index (χ0n) is 16.8. The third kappa shape index (κ3) is 3.64. The van der Waals surface area contributed by atoms with E-state index in [4.69, 9.17) is 14.2 Å². The highest BCUT2D eigenvalue weighted by Gasteiger charge is 2.51. The maximum absolute atomic E-state index is 12.3. The van der Waals surface area contributed by atoms with Crippen LogP contribution >= 0.6 is 0 Å². The van der Waals surface area contributed by atoms with Gasteiger partial charge in [0.15, 0.2) is 0 Å². The summed E-state index contributed by atoms with van der Waals surface area (Å²) in [6, 6.07) is 0. The van der Waals surface area contributed by atoms with Crippen LogP contribution in [0.2, 0.25) is 0 Å². The largest absolute Gasteiger partial charge is 0.461 e. The SMILES string of the molecule is C=C1C(=O)OC2C1CCC(COC(C)=O)=C1CC(OC(=O)C(C)CC)C(=C)C12. The summed E-state index contributed by atoms with van der Waals surface area (Å²) < 4.78 is 16.7. The van der Waals surface area contributed by atoms with E-state index in [9.17, 15) is 14.4 Å². The first kappa shape index (κ1) is 20.4. The van der Waals surface area contributed by atoms with E-state index in [2.05, 4.69) is 13.2 Å². The third-order valence-corrected chi connectivity index (χ3v) is 6.21. The van der Waals surface area contributed by atoms with Crippen LogP contribution in [0.15, 0.2) is 35.5 Å². The molecule has 0 radical (unpaired) electrons. The number of fused-ring (bicyclic) bond motifs is 3. The van der Waals surface area contributed by atoms with Crippen molar-refractivity contribution in [2.24, 2.45) is 17.8 Å². The summed E-state index contributed by atoms with van der Waals surface area (Å²) in [5.41, 5.74) is 3.24. The summed E-state index contributed by atoms with van der Waals surface area (Å²) in [4.78, 5) is 35.8. The Morgan fingerprint density at radius 3 is 2.68 bits per heavy atom. The number of esters is 3. The van der Waals surface area contributed by atoms with Crippen molar-refractivity contribution in [3.8, 4) is 0 Å². The van der Waals surface area contributed by atoms with Gasteiger partial charge in [-0.2, -0.15) is 0 Å². The van der Waals surface area contributed by atoms with Crippen molar-refractivity contribution >= 4 is 17.9 Å². The fourth-order valence-electron chi connectivity index (χ4n) is 4.31. The molecule has 5 atom stereocenters. The Bertz CT molecular complexity index is 761. The smallest absolute Gasteiger partial charge is 0.334 e. The molecule has 0 aromatic rings. The summed E-state index contributed by atoms with van der Waals surface area (Å²) in [5, 5.41) is 0. The molecule has 1 saturated heterocycles. The van der Waals surface area contributed by atoms with Crippen molar-refractivity contribution in [1.29, 1.82) is 0 Å². The average molecular weight is 388 g/mol. The van der Waals surface area contributed by atoms with Crippen LogP contribution in [-0.4, -0.2) is 36.7 Å². The van der Waals surface area contributed by atoms with E-state index in [-0.39, 0.29) is 48.4 Å². The second-order valence-corrected chi connectivity index (χ2v) is 7.94. The third-order valence-electron chi connectivity index (χ3n) is 6.21. The van der Waals surface area contributed by atoms with E-state index in [1.165, 1.54) is 6.92 Å². The molecule has 0 spiro atoms. The predicted octanol–water partition coefficient (Wildman–Crippen LogP) is 3.27. The molecular formula is C22H28O6. The molecule has 28 heavy (non-hydrogen) atoms. The molecule has 6 nitrogen and oxygen atoms in total. The minimum atomic E-state index is -0.458. The molecule has 0 N–H and O–H groups in total. The van der Waals surface area contributed by atoms with Crippen LogP contribution in [0, 0.1) is 17.8 Å². The van der Waals surface area contributed by atoms with Crippen LogP contribution in [0.3, 0.4) is 0 Å². The van der Waals surface area contributed by atoms with Gasteiger partial charge in [-0.15, -0.1) is 0 Å². The molecule has 0 bridgehead atoms. The van der Waals surface area contributed by atoms with Crippen LogP contribution in [0.25, 0.3) is 0 Å². The minimum Gasteiger partial charge on any atom is -0.461 e. The van der Waals surface area contributed by atoms with Crippen LogP contribution in [0.1, 0.15) is 46.5 Å². The lowest BCUT2D eigenvalue weighted by atomic mass is 9.84. The van der Waals surface area contributed by atoms with Gasteiger partial charge in [0.2, 0.25) is 0 Å². The van der Waals surface area contributed by atoms with Gasteiger partial charge in [-0.25, -0.2) is 4.79 Å². The Hall–Kier alpha value is -2.37. The highest BCUT2D eigenvalue weighted by Crippen LogP contribution is 2.51. The molecule has 0 amide bonds. The molecule has 3 aliphatic rings. The quantitative estimate of drug-likeness (QED) is 0.311. The highest BCUT2D eigenvalue weighted by molar-refractivity contribution is 5.91. The Morgan fingerprint density at radius 2 is 2.04 bits per heavy atom. The lowest BCUT2D eigenvalue weighted by molar-refractivity contribution is -0.151. The second kappa shape index (κ2) is 7.94. The van der Waals surface area contributed by atoms with Gasteiger partial charge in [0.1, 0.15) is 18.8 Å². The first-order valence-corrected chi connectivity index (χ1v) is 9.87. The lowest BCUT2D eigenvalue weighted by Gasteiger charge is -2.24. The number of hydrogen-bond acceptors (Lipinski definition) is 6. The van der Waals surface area contributed by atoms with Gasteiger partial charge in [-0.3, -0.25) is 9.59 Å². The molecule has 5 unspecified atom stereocenters. The summed E-state index contributed by atoms with van der Waals surface area (Å²) in [6.45, 7) is 13.5. The van der Waals surface area contributed by atoms with Gasteiger partial charge in [0.05, 0.1) is 5.92 Å². The average Bonchev–Trinajstić information content (AvgIpc) is 3.05. The van der Waals surface area contributed by atoms with E-state index in [0.29, 0.717) is 31.3 Å². The maximum Gasteiger partial charge on any atom is 0.334 e. The standard InChI is InChI=1S/C22H28O6/c1-6-11(2)21(24)27-18-9-17-15(10-26-14(5)23)7-8-16-12(3)22(25)28-20(16)19(17)13(18)4/h11,16,18-20H,3-4,6-10H2,1-2,5H3. The first-order chi connectivity index (χ1) is 13.2. The number of rotatable bonds is 5. The van der Waals surface area contributed by atoms with Crippen molar-refractivity contribution in [2.45, 2.75) is 58.7 Å². The van der Waals surface area contributed by atoms with Crippen LogP contribution < -0.4 is 0 Å².